The first-order valence-corrected chi connectivity index (χ1v) is 6.02. The van der Waals surface area contributed by atoms with Gasteiger partial charge in [0.1, 0.15) is 12.4 Å². The number of ether oxygens (including phenoxy) is 1. The van der Waals surface area contributed by atoms with Crippen molar-refractivity contribution >= 4 is 5.95 Å². The Labute approximate surface area is 114 Å². The van der Waals surface area contributed by atoms with E-state index in [0.29, 0.717) is 18.2 Å². The molecule has 108 valence electrons. The minimum atomic E-state index is -4.45. The van der Waals surface area contributed by atoms with Crippen molar-refractivity contribution in [3.63, 3.8) is 0 Å². The van der Waals surface area contributed by atoms with E-state index in [0.717, 1.165) is 6.07 Å². The summed E-state index contributed by atoms with van der Waals surface area (Å²) in [6.45, 7) is 2.46. The molecule has 0 spiro atoms. The van der Waals surface area contributed by atoms with Crippen molar-refractivity contribution < 1.29 is 17.9 Å². The third kappa shape index (κ3) is 3.04. The van der Waals surface area contributed by atoms with Crippen molar-refractivity contribution in [3.05, 3.63) is 41.7 Å². The normalized spacial score (nSPS) is 11.6. The van der Waals surface area contributed by atoms with Crippen LogP contribution in [0.2, 0.25) is 0 Å². The number of aromatic nitrogens is 2. The number of alkyl halides is 3. The standard InChI is InChI=1S/C13H14F3N3O/c1-2-19-7-9(18-12(19)17)8-20-11-6-4-3-5-10(11)13(14,15)16/h3-7H,2,8H2,1H3,(H2,17,18). The van der Waals surface area contributed by atoms with Gasteiger partial charge in [0.2, 0.25) is 0 Å². The molecule has 20 heavy (non-hydrogen) atoms. The van der Waals surface area contributed by atoms with Crippen molar-refractivity contribution in [2.24, 2.45) is 0 Å². The highest BCUT2D eigenvalue weighted by Gasteiger charge is 2.34. The number of para-hydroxylation sites is 1. The quantitative estimate of drug-likeness (QED) is 0.939. The number of hydrogen-bond acceptors (Lipinski definition) is 3. The number of hydrogen-bond donors (Lipinski definition) is 1. The lowest BCUT2D eigenvalue weighted by atomic mass is 10.2. The van der Waals surface area contributed by atoms with E-state index in [9.17, 15) is 13.2 Å². The van der Waals surface area contributed by atoms with E-state index >= 15 is 0 Å². The molecule has 2 N–H and O–H groups in total. The van der Waals surface area contributed by atoms with Gasteiger partial charge in [0, 0.05) is 12.7 Å². The van der Waals surface area contributed by atoms with Gasteiger partial charge in [-0.05, 0) is 19.1 Å². The molecule has 0 bridgehead atoms. The van der Waals surface area contributed by atoms with Gasteiger partial charge in [-0.2, -0.15) is 13.2 Å². The lowest BCUT2D eigenvalue weighted by Crippen LogP contribution is -2.08. The van der Waals surface area contributed by atoms with E-state index < -0.39 is 11.7 Å². The van der Waals surface area contributed by atoms with Gasteiger partial charge < -0.3 is 15.0 Å². The average molecular weight is 285 g/mol. The van der Waals surface area contributed by atoms with Crippen molar-refractivity contribution in [1.82, 2.24) is 9.55 Å². The second-order valence-electron chi connectivity index (χ2n) is 4.16. The van der Waals surface area contributed by atoms with Crippen LogP contribution in [0.5, 0.6) is 5.75 Å². The molecule has 1 aromatic heterocycles. The molecule has 0 unspecified atom stereocenters. The number of halogens is 3. The minimum absolute atomic E-state index is 0.0652. The van der Waals surface area contributed by atoms with Gasteiger partial charge in [-0.1, -0.05) is 12.1 Å². The second kappa shape index (κ2) is 5.44. The number of anilines is 1. The Balaban J connectivity index is 2.15. The Morgan fingerprint density at radius 2 is 2.00 bits per heavy atom. The first-order chi connectivity index (χ1) is 9.41. The topological polar surface area (TPSA) is 53.1 Å². The van der Waals surface area contributed by atoms with Crippen LogP contribution >= 0.6 is 0 Å². The summed E-state index contributed by atoms with van der Waals surface area (Å²) in [5.74, 6) is 0.0971. The molecule has 0 amide bonds. The predicted molar refractivity (Wildman–Crippen MR) is 68.1 cm³/mol. The average Bonchev–Trinajstić information content (AvgIpc) is 2.76. The maximum atomic E-state index is 12.8. The second-order valence-corrected chi connectivity index (χ2v) is 4.16. The number of nitrogens with zero attached hydrogens (tertiary/aromatic N) is 2. The van der Waals surface area contributed by atoms with Gasteiger partial charge in [-0.15, -0.1) is 0 Å². The zero-order chi connectivity index (χ0) is 14.8. The Morgan fingerprint density at radius 3 is 2.60 bits per heavy atom. The molecule has 0 fully saturated rings. The molecule has 0 aliphatic carbocycles. The molecule has 2 rings (SSSR count). The minimum Gasteiger partial charge on any atom is -0.487 e. The monoisotopic (exact) mass is 285 g/mol. The highest BCUT2D eigenvalue weighted by atomic mass is 19.4. The molecule has 1 aromatic carbocycles. The summed E-state index contributed by atoms with van der Waals surface area (Å²) in [6.07, 6.45) is -2.79. The zero-order valence-electron chi connectivity index (χ0n) is 10.8. The molecule has 2 aromatic rings. The van der Waals surface area contributed by atoms with Crippen LogP contribution < -0.4 is 10.5 Å². The lowest BCUT2D eigenvalue weighted by Gasteiger charge is -2.12. The number of benzene rings is 1. The van der Waals surface area contributed by atoms with Crippen LogP contribution in [-0.2, 0) is 19.3 Å². The maximum absolute atomic E-state index is 12.8. The molecule has 0 atom stereocenters. The highest BCUT2D eigenvalue weighted by molar-refractivity contribution is 5.35. The fourth-order valence-corrected chi connectivity index (χ4v) is 1.79. The van der Waals surface area contributed by atoms with Crippen molar-refractivity contribution in [1.29, 1.82) is 0 Å². The third-order valence-electron chi connectivity index (χ3n) is 2.77. The molecule has 0 saturated heterocycles. The Kier molecular flexibility index (Phi) is 3.87. The molecular weight excluding hydrogens is 271 g/mol. The third-order valence-corrected chi connectivity index (χ3v) is 2.77. The molecule has 0 radical (unpaired) electrons. The van der Waals surface area contributed by atoms with Crippen LogP contribution in [0.25, 0.3) is 0 Å². The van der Waals surface area contributed by atoms with E-state index in [1.807, 2.05) is 6.92 Å². The predicted octanol–water partition coefficient (Wildman–Crippen LogP) is 3.08. The SMILES string of the molecule is CCn1cc(COc2ccccc2C(F)(F)F)nc1N. The molecule has 7 heteroatoms. The fourth-order valence-electron chi connectivity index (χ4n) is 1.79. The van der Waals surface area contributed by atoms with Crippen LogP contribution in [0.4, 0.5) is 19.1 Å². The van der Waals surface area contributed by atoms with Crippen LogP contribution in [-0.4, -0.2) is 9.55 Å². The Hall–Kier alpha value is -2.18. The van der Waals surface area contributed by atoms with Crippen LogP contribution in [0.3, 0.4) is 0 Å². The van der Waals surface area contributed by atoms with Crippen molar-refractivity contribution in [2.75, 3.05) is 5.73 Å². The Morgan fingerprint density at radius 1 is 1.30 bits per heavy atom. The lowest BCUT2D eigenvalue weighted by molar-refractivity contribution is -0.139. The van der Waals surface area contributed by atoms with Crippen molar-refractivity contribution in [2.45, 2.75) is 26.3 Å². The summed E-state index contributed by atoms with van der Waals surface area (Å²) in [6, 6.07) is 5.07. The largest absolute Gasteiger partial charge is 0.487 e. The highest BCUT2D eigenvalue weighted by Crippen LogP contribution is 2.36. The summed E-state index contributed by atoms with van der Waals surface area (Å²) < 4.78 is 45.2. The number of nitrogen functional groups attached to an aromatic ring is 1. The van der Waals surface area contributed by atoms with E-state index in [1.165, 1.54) is 18.2 Å². The van der Waals surface area contributed by atoms with E-state index in [4.69, 9.17) is 10.5 Å². The first kappa shape index (κ1) is 14.2. The Bertz CT molecular complexity index is 593. The molecule has 0 saturated carbocycles. The van der Waals surface area contributed by atoms with E-state index in [-0.39, 0.29) is 12.4 Å². The fraction of sp³-hybridized carbons (Fsp3) is 0.308. The van der Waals surface area contributed by atoms with Gasteiger partial charge in [0.15, 0.2) is 5.95 Å². The van der Waals surface area contributed by atoms with Crippen molar-refractivity contribution in [3.8, 4) is 5.75 Å². The molecule has 1 heterocycles. The van der Waals surface area contributed by atoms with Crippen LogP contribution in [0.1, 0.15) is 18.2 Å². The molecule has 0 aliphatic heterocycles. The number of rotatable bonds is 4. The summed E-state index contributed by atoms with van der Waals surface area (Å²) in [5, 5.41) is 0. The summed E-state index contributed by atoms with van der Waals surface area (Å²) in [4.78, 5) is 4.02. The smallest absolute Gasteiger partial charge is 0.419 e. The summed E-state index contributed by atoms with van der Waals surface area (Å²) in [5.41, 5.74) is 5.32. The van der Waals surface area contributed by atoms with Gasteiger partial charge in [0.25, 0.3) is 0 Å². The molecule has 0 aliphatic rings. The number of imidazole rings is 1. The number of aryl methyl sites for hydroxylation is 1. The number of nitrogens with two attached hydrogens (primary N) is 1. The van der Waals surface area contributed by atoms with Gasteiger partial charge >= 0.3 is 6.18 Å². The van der Waals surface area contributed by atoms with Crippen LogP contribution in [0.15, 0.2) is 30.5 Å². The van der Waals surface area contributed by atoms with E-state index in [1.54, 1.807) is 10.8 Å². The zero-order valence-corrected chi connectivity index (χ0v) is 10.8. The van der Waals surface area contributed by atoms with E-state index in [2.05, 4.69) is 4.98 Å². The van der Waals surface area contributed by atoms with Gasteiger partial charge in [-0.25, -0.2) is 4.98 Å². The van der Waals surface area contributed by atoms with Gasteiger partial charge in [0.05, 0.1) is 11.3 Å². The maximum Gasteiger partial charge on any atom is 0.419 e. The first-order valence-electron chi connectivity index (χ1n) is 6.02. The van der Waals surface area contributed by atoms with Crippen LogP contribution in [0, 0.1) is 0 Å². The summed E-state index contributed by atoms with van der Waals surface area (Å²) in [7, 11) is 0. The molecular formula is C13H14F3N3O. The molecule has 4 nitrogen and oxygen atoms in total. The van der Waals surface area contributed by atoms with Gasteiger partial charge in [-0.3, -0.25) is 0 Å². The summed E-state index contributed by atoms with van der Waals surface area (Å²) >= 11 is 0.